The number of aromatic nitrogens is 2. The Morgan fingerprint density at radius 1 is 1.19 bits per heavy atom. The predicted octanol–water partition coefficient (Wildman–Crippen LogP) is 4.20. The van der Waals surface area contributed by atoms with Crippen LogP contribution in [0.2, 0.25) is 0 Å². The minimum Gasteiger partial charge on any atom is -0.387 e. The molecule has 1 N–H and O–H groups in total. The topological polar surface area (TPSA) is 72.2 Å². The molecule has 1 aromatic carbocycles. The molecule has 1 fully saturated rings. The van der Waals surface area contributed by atoms with E-state index in [-0.39, 0.29) is 4.90 Å². The van der Waals surface area contributed by atoms with Gasteiger partial charge in [0.2, 0.25) is 0 Å². The molecule has 2 heterocycles. The smallest absolute Gasteiger partial charge is 0.269 e. The van der Waals surface area contributed by atoms with Gasteiger partial charge >= 0.3 is 0 Å². The summed E-state index contributed by atoms with van der Waals surface area (Å²) in [6.45, 7) is 1.92. The molecule has 0 saturated heterocycles. The predicted molar refractivity (Wildman–Crippen MR) is 105 cm³/mol. The summed E-state index contributed by atoms with van der Waals surface area (Å²) in [6.07, 6.45) is 5.97. The lowest BCUT2D eigenvalue weighted by atomic mass is 9.98. The molecule has 0 radical (unpaired) electrons. The summed E-state index contributed by atoms with van der Waals surface area (Å²) in [7, 11) is -3.85. The van der Waals surface area contributed by atoms with Crippen molar-refractivity contribution >= 4 is 21.1 Å². The van der Waals surface area contributed by atoms with Crippen LogP contribution in [0.1, 0.15) is 49.5 Å². The number of benzene rings is 1. The van der Waals surface area contributed by atoms with Gasteiger partial charge in [-0.1, -0.05) is 43.9 Å². The van der Waals surface area contributed by atoms with Gasteiger partial charge in [0.15, 0.2) is 5.65 Å². The summed E-state index contributed by atoms with van der Waals surface area (Å²) < 4.78 is 28.0. The van der Waals surface area contributed by atoms with Gasteiger partial charge < -0.3 is 5.11 Å². The van der Waals surface area contributed by atoms with Gasteiger partial charge in [0.25, 0.3) is 10.0 Å². The van der Waals surface area contributed by atoms with E-state index >= 15 is 0 Å². The molecule has 142 valence electrons. The number of hydrogen-bond donors (Lipinski definition) is 1. The van der Waals surface area contributed by atoms with Crippen LogP contribution in [0, 0.1) is 12.8 Å². The molecule has 1 atom stereocenters. The highest BCUT2D eigenvalue weighted by molar-refractivity contribution is 7.90. The van der Waals surface area contributed by atoms with Crippen LogP contribution in [0.25, 0.3) is 11.0 Å². The van der Waals surface area contributed by atoms with E-state index in [0.717, 1.165) is 23.8 Å². The van der Waals surface area contributed by atoms with Crippen LogP contribution >= 0.6 is 0 Å². The molecular weight excluding hydrogens is 360 g/mol. The molecule has 1 aliphatic rings. The van der Waals surface area contributed by atoms with Crippen LogP contribution in [0.3, 0.4) is 0 Å². The lowest BCUT2D eigenvalue weighted by molar-refractivity contribution is 0.140. The van der Waals surface area contributed by atoms with Crippen molar-refractivity contribution in [2.24, 2.45) is 5.92 Å². The first-order valence-electron chi connectivity index (χ1n) is 9.43. The summed E-state index contributed by atoms with van der Waals surface area (Å²) in [5, 5.41) is 11.7. The summed E-state index contributed by atoms with van der Waals surface area (Å²) in [4.78, 5) is 4.57. The Morgan fingerprint density at radius 2 is 1.89 bits per heavy atom. The van der Waals surface area contributed by atoms with Gasteiger partial charge in [-0.05, 0) is 49.1 Å². The summed E-state index contributed by atoms with van der Waals surface area (Å²) in [5.74, 6) is 0.445. The van der Waals surface area contributed by atoms with E-state index in [4.69, 9.17) is 0 Å². The van der Waals surface area contributed by atoms with Gasteiger partial charge in [-0.15, -0.1) is 0 Å². The Hall–Kier alpha value is -2.18. The Balaban J connectivity index is 1.86. The van der Waals surface area contributed by atoms with Crippen molar-refractivity contribution in [2.75, 3.05) is 0 Å². The largest absolute Gasteiger partial charge is 0.387 e. The number of pyridine rings is 1. The van der Waals surface area contributed by atoms with Gasteiger partial charge in [-0.25, -0.2) is 17.4 Å². The zero-order valence-corrected chi connectivity index (χ0v) is 16.2. The summed E-state index contributed by atoms with van der Waals surface area (Å²) in [5.41, 5.74) is 1.72. The van der Waals surface area contributed by atoms with Crippen LogP contribution in [0.4, 0.5) is 0 Å². The third-order valence-electron chi connectivity index (χ3n) is 5.42. The van der Waals surface area contributed by atoms with E-state index in [1.54, 1.807) is 42.6 Å². The van der Waals surface area contributed by atoms with E-state index in [1.165, 1.54) is 16.8 Å². The number of rotatable bonds is 5. The summed E-state index contributed by atoms with van der Waals surface area (Å²) in [6, 6.07) is 12.0. The van der Waals surface area contributed by atoms with Crippen molar-refractivity contribution in [3.63, 3.8) is 0 Å². The number of aryl methyl sites for hydroxylation is 1. The highest BCUT2D eigenvalue weighted by atomic mass is 32.2. The molecule has 27 heavy (non-hydrogen) atoms. The first-order chi connectivity index (χ1) is 13.0. The molecule has 0 aliphatic heterocycles. The fourth-order valence-electron chi connectivity index (χ4n) is 4.07. The first kappa shape index (κ1) is 18.2. The third-order valence-corrected chi connectivity index (χ3v) is 7.15. The molecular formula is C21H24N2O3S. The molecule has 6 heteroatoms. The Kier molecular flexibility index (Phi) is 4.78. The van der Waals surface area contributed by atoms with E-state index in [0.29, 0.717) is 23.7 Å². The van der Waals surface area contributed by atoms with Crippen molar-refractivity contribution in [3.8, 4) is 0 Å². The molecule has 2 aromatic heterocycles. The molecule has 0 spiro atoms. The monoisotopic (exact) mass is 384 g/mol. The number of hydrogen-bond acceptors (Lipinski definition) is 4. The van der Waals surface area contributed by atoms with Gasteiger partial charge in [-0.2, -0.15) is 0 Å². The second-order valence-corrected chi connectivity index (χ2v) is 9.27. The molecule has 0 bridgehead atoms. The Bertz CT molecular complexity index is 1050. The normalized spacial score (nSPS) is 16.8. The van der Waals surface area contributed by atoms with Crippen LogP contribution in [-0.2, 0) is 10.0 Å². The van der Waals surface area contributed by atoms with Crippen molar-refractivity contribution in [1.29, 1.82) is 0 Å². The van der Waals surface area contributed by atoms with E-state index < -0.39 is 16.1 Å². The third kappa shape index (κ3) is 3.39. The molecule has 0 amide bonds. The van der Waals surface area contributed by atoms with E-state index in [9.17, 15) is 13.5 Å². The van der Waals surface area contributed by atoms with E-state index in [1.807, 2.05) is 13.0 Å². The molecule has 5 nitrogen and oxygen atoms in total. The van der Waals surface area contributed by atoms with Crippen LogP contribution < -0.4 is 0 Å². The zero-order chi connectivity index (χ0) is 19.0. The molecule has 1 unspecified atom stereocenters. The fraction of sp³-hybridized carbons (Fsp3) is 0.381. The van der Waals surface area contributed by atoms with Gasteiger partial charge in [0, 0.05) is 11.6 Å². The maximum atomic E-state index is 13.4. The minimum absolute atomic E-state index is 0.194. The standard InChI is InChI=1S/C21H24N2O3S/c1-15-11-17-13-19(20(24)12-16-7-5-6-8-16)23(21(17)22-14-15)27(25,26)18-9-3-2-4-10-18/h2-4,9-11,13-14,16,20,24H,5-8,12H2,1H3. The zero-order valence-electron chi connectivity index (χ0n) is 15.4. The quantitative estimate of drug-likeness (QED) is 0.716. The average molecular weight is 385 g/mol. The lowest BCUT2D eigenvalue weighted by Crippen LogP contribution is -2.19. The van der Waals surface area contributed by atoms with Gasteiger partial charge in [0.1, 0.15) is 0 Å². The van der Waals surface area contributed by atoms with E-state index in [2.05, 4.69) is 4.98 Å². The highest BCUT2D eigenvalue weighted by Gasteiger charge is 2.29. The van der Waals surface area contributed by atoms with Crippen LogP contribution in [0.15, 0.2) is 53.6 Å². The average Bonchev–Trinajstić information content (AvgIpc) is 3.29. The second-order valence-electron chi connectivity index (χ2n) is 7.48. The SMILES string of the molecule is Cc1cnc2c(c1)cc(C(O)CC1CCCC1)n2S(=O)(=O)c1ccccc1. The van der Waals surface area contributed by atoms with Gasteiger partial charge in [-0.3, -0.25) is 0 Å². The summed E-state index contributed by atoms with van der Waals surface area (Å²) >= 11 is 0. The van der Waals surface area contributed by atoms with Crippen LogP contribution in [-0.4, -0.2) is 22.5 Å². The van der Waals surface area contributed by atoms with Crippen molar-refractivity contribution in [1.82, 2.24) is 8.96 Å². The highest BCUT2D eigenvalue weighted by Crippen LogP contribution is 2.36. The first-order valence-corrected chi connectivity index (χ1v) is 10.9. The van der Waals surface area contributed by atoms with Gasteiger partial charge in [0.05, 0.1) is 16.7 Å². The molecule has 1 aliphatic carbocycles. The number of aliphatic hydroxyl groups is 1. The maximum Gasteiger partial charge on any atom is 0.269 e. The van der Waals surface area contributed by atoms with Crippen molar-refractivity contribution < 1.29 is 13.5 Å². The molecule has 4 rings (SSSR count). The Morgan fingerprint density at radius 3 is 2.59 bits per heavy atom. The molecule has 1 saturated carbocycles. The minimum atomic E-state index is -3.85. The fourth-order valence-corrected chi connectivity index (χ4v) is 5.61. The maximum absolute atomic E-state index is 13.4. The number of aliphatic hydroxyl groups excluding tert-OH is 1. The lowest BCUT2D eigenvalue weighted by Gasteiger charge is -2.18. The number of nitrogens with zero attached hydrogens (tertiary/aromatic N) is 2. The Labute approximate surface area is 159 Å². The molecule has 3 aromatic rings. The second kappa shape index (κ2) is 7.09. The van der Waals surface area contributed by atoms with Crippen molar-refractivity contribution in [2.45, 2.75) is 50.0 Å². The van der Waals surface area contributed by atoms with Crippen molar-refractivity contribution in [3.05, 3.63) is 59.9 Å². The number of fused-ring (bicyclic) bond motifs is 1. The van der Waals surface area contributed by atoms with Crippen LogP contribution in [0.5, 0.6) is 0 Å².